The first-order valence-electron chi connectivity index (χ1n) is 13.2. The van der Waals surface area contributed by atoms with Gasteiger partial charge in [0.15, 0.2) is 5.60 Å². The first-order chi connectivity index (χ1) is 18.3. The Labute approximate surface area is 229 Å². The van der Waals surface area contributed by atoms with Crippen LogP contribution in [0.15, 0.2) is 42.5 Å². The molecule has 1 saturated heterocycles. The molecule has 1 aliphatic carbocycles. The van der Waals surface area contributed by atoms with E-state index in [1.54, 1.807) is 18.2 Å². The van der Waals surface area contributed by atoms with E-state index >= 15 is 0 Å². The third-order valence-electron chi connectivity index (χ3n) is 8.98. The minimum atomic E-state index is -4.87. The van der Waals surface area contributed by atoms with Crippen LogP contribution >= 0.6 is 11.6 Å². The van der Waals surface area contributed by atoms with Crippen molar-refractivity contribution >= 4 is 23.5 Å². The second kappa shape index (κ2) is 10.0. The van der Waals surface area contributed by atoms with Gasteiger partial charge < -0.3 is 19.8 Å². The molecule has 6 nitrogen and oxygen atoms in total. The molecule has 2 heterocycles. The Morgan fingerprint density at radius 1 is 1.08 bits per heavy atom. The second-order valence-corrected chi connectivity index (χ2v) is 11.7. The maximum absolute atomic E-state index is 13.7. The van der Waals surface area contributed by atoms with E-state index in [0.717, 1.165) is 12.5 Å². The summed E-state index contributed by atoms with van der Waals surface area (Å²) in [6.07, 6.45) is -1.82. The van der Waals surface area contributed by atoms with Crippen LogP contribution in [0, 0.1) is 11.8 Å². The molecule has 2 N–H and O–H groups in total. The van der Waals surface area contributed by atoms with Crippen LogP contribution in [-0.4, -0.2) is 52.4 Å². The van der Waals surface area contributed by atoms with Gasteiger partial charge in [-0.3, -0.25) is 9.59 Å². The summed E-state index contributed by atoms with van der Waals surface area (Å²) in [7, 11) is 0. The summed E-state index contributed by atoms with van der Waals surface area (Å²) in [5, 5.41) is 20.2. The number of halogens is 4. The van der Waals surface area contributed by atoms with Gasteiger partial charge in [0.1, 0.15) is 12.4 Å². The van der Waals surface area contributed by atoms with E-state index in [9.17, 15) is 33.0 Å². The number of benzene rings is 2. The van der Waals surface area contributed by atoms with Gasteiger partial charge in [-0.15, -0.1) is 0 Å². The van der Waals surface area contributed by atoms with Crippen molar-refractivity contribution in [3.8, 4) is 5.75 Å². The molecule has 39 heavy (non-hydrogen) atoms. The summed E-state index contributed by atoms with van der Waals surface area (Å²) in [5.74, 6) is -1.27. The van der Waals surface area contributed by atoms with Crippen LogP contribution in [0.25, 0.3) is 0 Å². The number of amides is 1. The molecule has 2 fully saturated rings. The number of hydrogen-bond acceptors (Lipinski definition) is 4. The van der Waals surface area contributed by atoms with Gasteiger partial charge in [0.25, 0.3) is 0 Å². The average Bonchev–Trinajstić information content (AvgIpc) is 3.28. The minimum absolute atomic E-state index is 0.0227. The van der Waals surface area contributed by atoms with Crippen LogP contribution in [0.2, 0.25) is 5.02 Å². The zero-order valence-corrected chi connectivity index (χ0v) is 22.3. The zero-order valence-electron chi connectivity index (χ0n) is 21.5. The third kappa shape index (κ3) is 4.88. The van der Waals surface area contributed by atoms with E-state index in [1.165, 1.54) is 12.1 Å². The van der Waals surface area contributed by atoms with Gasteiger partial charge in [-0.2, -0.15) is 13.2 Å². The van der Waals surface area contributed by atoms with Crippen molar-refractivity contribution in [2.24, 2.45) is 11.8 Å². The molecule has 1 amide bonds. The van der Waals surface area contributed by atoms with Crippen molar-refractivity contribution in [3.05, 3.63) is 64.2 Å². The normalized spacial score (nSPS) is 28.2. The SMILES string of the molecule is CC(O)(c1ccc2c(c1)OCC1N(C(=O)C3CCC(C(=O)O)CC3)CCC21Cc1ccc(Cl)cc1)C(F)(F)F. The van der Waals surface area contributed by atoms with Crippen LogP contribution < -0.4 is 4.74 Å². The first kappa shape index (κ1) is 27.8. The number of rotatable bonds is 5. The number of carbonyl (C=O) groups is 2. The molecule has 0 aromatic heterocycles. The molecule has 5 rings (SSSR count). The molecule has 2 aliphatic heterocycles. The fourth-order valence-corrected chi connectivity index (χ4v) is 6.67. The number of nitrogens with zero attached hydrogens (tertiary/aromatic N) is 1. The van der Waals surface area contributed by atoms with E-state index in [0.29, 0.717) is 55.7 Å². The standard InChI is InChI=1S/C29H31ClF3NO5/c1-27(38,29(31,32)33)20-8-11-22-23(14-20)39-16-24-28(22,15-17-2-9-21(30)10-3-17)12-13-34(24)25(35)18-4-6-19(7-5-18)26(36)37/h2-3,8-11,14,18-19,24,38H,4-7,12-13,15-16H2,1H3,(H,36,37). The maximum Gasteiger partial charge on any atom is 0.421 e. The highest BCUT2D eigenvalue weighted by Gasteiger charge is 2.56. The highest BCUT2D eigenvalue weighted by atomic mass is 35.5. The summed E-state index contributed by atoms with van der Waals surface area (Å²) in [4.78, 5) is 26.9. The lowest BCUT2D eigenvalue weighted by Gasteiger charge is -2.44. The molecule has 0 bridgehead atoms. The summed E-state index contributed by atoms with van der Waals surface area (Å²) in [6, 6.07) is 11.2. The van der Waals surface area contributed by atoms with Crippen LogP contribution in [0.5, 0.6) is 5.75 Å². The van der Waals surface area contributed by atoms with Crippen LogP contribution in [-0.2, 0) is 27.0 Å². The largest absolute Gasteiger partial charge is 0.491 e. The van der Waals surface area contributed by atoms with Gasteiger partial charge in [0.2, 0.25) is 5.91 Å². The number of aliphatic hydroxyl groups is 1. The zero-order chi connectivity index (χ0) is 28.2. The Morgan fingerprint density at radius 2 is 1.72 bits per heavy atom. The molecular weight excluding hydrogens is 535 g/mol. The van der Waals surface area contributed by atoms with E-state index in [2.05, 4.69) is 0 Å². The lowest BCUT2D eigenvalue weighted by atomic mass is 9.68. The quantitative estimate of drug-likeness (QED) is 0.502. The van der Waals surface area contributed by atoms with Crippen LogP contribution in [0.1, 0.15) is 55.7 Å². The van der Waals surface area contributed by atoms with Gasteiger partial charge in [0.05, 0.1) is 12.0 Å². The lowest BCUT2D eigenvalue weighted by Crippen LogP contribution is -2.53. The maximum atomic E-state index is 13.7. The Kier molecular flexibility index (Phi) is 7.12. The highest BCUT2D eigenvalue weighted by Crippen LogP contribution is 2.51. The van der Waals surface area contributed by atoms with Crippen molar-refractivity contribution in [2.45, 2.75) is 68.7 Å². The summed E-state index contributed by atoms with van der Waals surface area (Å²) in [6.45, 7) is 1.29. The predicted molar refractivity (Wildman–Crippen MR) is 138 cm³/mol. The van der Waals surface area contributed by atoms with Gasteiger partial charge in [0, 0.05) is 28.5 Å². The molecule has 10 heteroatoms. The van der Waals surface area contributed by atoms with Crippen molar-refractivity contribution in [3.63, 3.8) is 0 Å². The van der Waals surface area contributed by atoms with E-state index in [1.807, 2.05) is 17.0 Å². The number of carbonyl (C=O) groups excluding carboxylic acids is 1. The molecule has 0 spiro atoms. The van der Waals surface area contributed by atoms with E-state index in [4.69, 9.17) is 16.3 Å². The number of aliphatic carboxylic acids is 1. The molecule has 210 valence electrons. The molecule has 1 saturated carbocycles. The Bertz CT molecular complexity index is 1260. The highest BCUT2D eigenvalue weighted by molar-refractivity contribution is 6.30. The molecule has 2 aromatic carbocycles. The Morgan fingerprint density at radius 3 is 2.33 bits per heavy atom. The minimum Gasteiger partial charge on any atom is -0.491 e. The molecule has 2 aromatic rings. The fraction of sp³-hybridized carbons (Fsp3) is 0.517. The van der Waals surface area contributed by atoms with E-state index < -0.39 is 29.1 Å². The molecule has 0 radical (unpaired) electrons. The van der Waals surface area contributed by atoms with Crippen molar-refractivity contribution in [2.75, 3.05) is 13.2 Å². The van der Waals surface area contributed by atoms with Crippen LogP contribution in [0.3, 0.4) is 0 Å². The summed E-state index contributed by atoms with van der Waals surface area (Å²) < 4.78 is 46.7. The van der Waals surface area contributed by atoms with Gasteiger partial charge >= 0.3 is 12.1 Å². The molecule has 3 atom stereocenters. The number of fused-ring (bicyclic) bond motifs is 3. The monoisotopic (exact) mass is 565 g/mol. The van der Waals surface area contributed by atoms with E-state index in [-0.39, 0.29) is 35.8 Å². The third-order valence-corrected chi connectivity index (χ3v) is 9.24. The lowest BCUT2D eigenvalue weighted by molar-refractivity contribution is -0.258. The average molecular weight is 566 g/mol. The van der Waals surface area contributed by atoms with Crippen LogP contribution in [0.4, 0.5) is 13.2 Å². The second-order valence-electron chi connectivity index (χ2n) is 11.2. The number of hydrogen-bond donors (Lipinski definition) is 2. The number of likely N-dealkylation sites (tertiary alicyclic amines) is 1. The molecular formula is C29H31ClF3NO5. The van der Waals surface area contributed by atoms with Gasteiger partial charge in [-0.1, -0.05) is 35.9 Å². The number of ether oxygens (including phenoxy) is 1. The van der Waals surface area contributed by atoms with Crippen molar-refractivity contribution in [1.29, 1.82) is 0 Å². The van der Waals surface area contributed by atoms with Gasteiger partial charge in [-0.05, 0) is 74.8 Å². The first-order valence-corrected chi connectivity index (χ1v) is 13.6. The Hall–Kier alpha value is -2.78. The summed E-state index contributed by atoms with van der Waals surface area (Å²) >= 11 is 6.10. The Balaban J connectivity index is 1.49. The molecule has 3 unspecified atom stereocenters. The number of carboxylic acid groups (broad SMARTS) is 1. The number of alkyl halides is 3. The fourth-order valence-electron chi connectivity index (χ4n) is 6.55. The van der Waals surface area contributed by atoms with Crippen molar-refractivity contribution in [1.82, 2.24) is 4.90 Å². The predicted octanol–water partition coefficient (Wildman–Crippen LogP) is 5.47. The van der Waals surface area contributed by atoms with Gasteiger partial charge in [-0.25, -0.2) is 0 Å². The molecule has 3 aliphatic rings. The smallest absolute Gasteiger partial charge is 0.421 e. The topological polar surface area (TPSA) is 87.1 Å². The summed E-state index contributed by atoms with van der Waals surface area (Å²) in [5.41, 5.74) is -2.29. The number of carboxylic acids is 1. The van der Waals surface area contributed by atoms with Crippen molar-refractivity contribution < 1.29 is 37.7 Å².